The van der Waals surface area contributed by atoms with Crippen LogP contribution in [0.1, 0.15) is 18.4 Å². The maximum atomic E-state index is 8.93. The third kappa shape index (κ3) is 2.31. The van der Waals surface area contributed by atoms with Crippen molar-refractivity contribution in [2.45, 2.75) is 18.9 Å². The van der Waals surface area contributed by atoms with Gasteiger partial charge >= 0.3 is 0 Å². The molecule has 1 aromatic rings. The largest absolute Gasteiger partial charge is 0.381 e. The minimum atomic E-state index is 0.576. The van der Waals surface area contributed by atoms with Gasteiger partial charge in [0, 0.05) is 18.8 Å². The first-order valence-electron chi connectivity index (χ1n) is 5.59. The van der Waals surface area contributed by atoms with Gasteiger partial charge in [-0.1, -0.05) is 0 Å². The summed E-state index contributed by atoms with van der Waals surface area (Å²) in [4.78, 5) is 6.39. The van der Waals surface area contributed by atoms with Crippen LogP contribution in [0.15, 0.2) is 18.5 Å². The van der Waals surface area contributed by atoms with Gasteiger partial charge in [-0.2, -0.15) is 5.26 Å². The quantitative estimate of drug-likeness (QED) is 0.831. The summed E-state index contributed by atoms with van der Waals surface area (Å²) in [7, 11) is 2.15. The van der Waals surface area contributed by atoms with E-state index in [9.17, 15) is 0 Å². The van der Waals surface area contributed by atoms with E-state index in [4.69, 9.17) is 5.26 Å². The van der Waals surface area contributed by atoms with E-state index >= 15 is 0 Å². The van der Waals surface area contributed by atoms with Crippen molar-refractivity contribution in [2.24, 2.45) is 0 Å². The Hall–Kier alpha value is -1.60. The van der Waals surface area contributed by atoms with E-state index in [0.717, 1.165) is 12.2 Å². The Morgan fingerprint density at radius 2 is 2.56 bits per heavy atom. The lowest BCUT2D eigenvalue weighted by atomic mass is 10.2. The Morgan fingerprint density at radius 3 is 3.25 bits per heavy atom. The molecule has 1 aliphatic rings. The number of nitrogens with one attached hydrogen (secondary N) is 1. The lowest BCUT2D eigenvalue weighted by molar-refractivity contribution is 0.322. The second-order valence-electron chi connectivity index (χ2n) is 4.19. The van der Waals surface area contributed by atoms with Crippen molar-refractivity contribution in [3.63, 3.8) is 0 Å². The number of rotatable bonds is 3. The first-order chi connectivity index (χ1) is 7.81. The first-order valence-corrected chi connectivity index (χ1v) is 5.59. The van der Waals surface area contributed by atoms with Gasteiger partial charge in [-0.15, -0.1) is 0 Å². The molecule has 1 aromatic heterocycles. The number of likely N-dealkylation sites (N-methyl/N-ethyl adjacent to an activating group) is 1. The summed E-state index contributed by atoms with van der Waals surface area (Å²) < 4.78 is 0. The molecule has 1 unspecified atom stereocenters. The van der Waals surface area contributed by atoms with Gasteiger partial charge in [-0.25, -0.2) is 0 Å². The standard InChI is InChI=1S/C12H16N4/c1-16-6-2-3-11(16)8-15-12-9-14-5-4-10(12)7-13/h4-5,9,11,15H,2-3,6,8H2,1H3. The Labute approximate surface area is 95.9 Å². The van der Waals surface area contributed by atoms with E-state index < -0.39 is 0 Å². The van der Waals surface area contributed by atoms with Gasteiger partial charge in [0.15, 0.2) is 0 Å². The molecule has 0 spiro atoms. The van der Waals surface area contributed by atoms with Crippen molar-refractivity contribution in [1.29, 1.82) is 5.26 Å². The molecule has 0 aliphatic carbocycles. The molecule has 4 nitrogen and oxygen atoms in total. The second-order valence-corrected chi connectivity index (χ2v) is 4.19. The van der Waals surface area contributed by atoms with Crippen LogP contribution in [-0.4, -0.2) is 36.1 Å². The van der Waals surface area contributed by atoms with E-state index in [-0.39, 0.29) is 0 Å². The van der Waals surface area contributed by atoms with Crippen LogP contribution in [0.2, 0.25) is 0 Å². The minimum absolute atomic E-state index is 0.576. The van der Waals surface area contributed by atoms with Gasteiger partial charge in [-0.05, 0) is 32.5 Å². The molecule has 1 saturated heterocycles. The summed E-state index contributed by atoms with van der Waals surface area (Å²) in [6.07, 6.45) is 5.85. The van der Waals surface area contributed by atoms with Crippen LogP contribution in [-0.2, 0) is 0 Å². The van der Waals surface area contributed by atoms with Crippen molar-refractivity contribution in [2.75, 3.05) is 25.5 Å². The molecule has 1 N–H and O–H groups in total. The van der Waals surface area contributed by atoms with Gasteiger partial charge in [0.1, 0.15) is 6.07 Å². The predicted octanol–water partition coefficient (Wildman–Crippen LogP) is 1.46. The summed E-state index contributed by atoms with van der Waals surface area (Å²) in [6, 6.07) is 4.48. The lowest BCUT2D eigenvalue weighted by Gasteiger charge is -2.20. The predicted molar refractivity (Wildman–Crippen MR) is 63.1 cm³/mol. The van der Waals surface area contributed by atoms with Gasteiger partial charge < -0.3 is 10.2 Å². The van der Waals surface area contributed by atoms with E-state index in [1.165, 1.54) is 19.4 Å². The highest BCUT2D eigenvalue weighted by atomic mass is 15.2. The van der Waals surface area contributed by atoms with Crippen LogP contribution in [0.4, 0.5) is 5.69 Å². The number of pyridine rings is 1. The van der Waals surface area contributed by atoms with Gasteiger partial charge in [0.25, 0.3) is 0 Å². The summed E-state index contributed by atoms with van der Waals surface area (Å²) in [5.41, 5.74) is 1.50. The molecule has 1 fully saturated rings. The molecule has 2 heterocycles. The summed E-state index contributed by atoms with van der Waals surface area (Å²) >= 11 is 0. The molecule has 0 saturated carbocycles. The number of nitrogens with zero attached hydrogens (tertiary/aromatic N) is 3. The van der Waals surface area contributed by atoms with Gasteiger partial charge in [-0.3, -0.25) is 4.98 Å². The van der Waals surface area contributed by atoms with Crippen molar-refractivity contribution >= 4 is 5.69 Å². The summed E-state index contributed by atoms with van der Waals surface area (Å²) in [5.74, 6) is 0. The highest BCUT2D eigenvalue weighted by Gasteiger charge is 2.20. The minimum Gasteiger partial charge on any atom is -0.381 e. The fourth-order valence-corrected chi connectivity index (χ4v) is 2.10. The molecular formula is C12H16N4. The lowest BCUT2D eigenvalue weighted by Crippen LogP contribution is -2.31. The Morgan fingerprint density at radius 1 is 1.69 bits per heavy atom. The zero-order valence-corrected chi connectivity index (χ0v) is 9.48. The highest BCUT2D eigenvalue weighted by Crippen LogP contribution is 2.17. The molecule has 1 aliphatic heterocycles. The molecular weight excluding hydrogens is 200 g/mol. The molecule has 0 bridgehead atoms. The third-order valence-corrected chi connectivity index (χ3v) is 3.14. The van der Waals surface area contributed by atoms with Crippen LogP contribution in [0.25, 0.3) is 0 Å². The molecule has 16 heavy (non-hydrogen) atoms. The van der Waals surface area contributed by atoms with E-state index in [0.29, 0.717) is 11.6 Å². The molecule has 0 aromatic carbocycles. The smallest absolute Gasteiger partial charge is 0.101 e. The normalized spacial score (nSPS) is 20.6. The molecule has 2 rings (SSSR count). The van der Waals surface area contributed by atoms with Crippen LogP contribution < -0.4 is 5.32 Å². The average Bonchev–Trinajstić information content (AvgIpc) is 2.72. The number of nitriles is 1. The van der Waals surface area contributed by atoms with Gasteiger partial charge in [0.05, 0.1) is 17.4 Å². The first kappa shape index (κ1) is 10.9. The zero-order chi connectivity index (χ0) is 11.4. The fourth-order valence-electron chi connectivity index (χ4n) is 2.10. The van der Waals surface area contributed by atoms with Crippen molar-refractivity contribution < 1.29 is 0 Å². The molecule has 4 heteroatoms. The van der Waals surface area contributed by atoms with E-state index in [2.05, 4.69) is 28.3 Å². The van der Waals surface area contributed by atoms with Crippen molar-refractivity contribution in [1.82, 2.24) is 9.88 Å². The van der Waals surface area contributed by atoms with Crippen molar-refractivity contribution in [3.8, 4) is 6.07 Å². The van der Waals surface area contributed by atoms with E-state index in [1.807, 2.05) is 0 Å². The number of hydrogen-bond acceptors (Lipinski definition) is 4. The molecule has 84 valence electrons. The second kappa shape index (κ2) is 4.95. The molecule has 0 radical (unpaired) electrons. The van der Waals surface area contributed by atoms with Crippen molar-refractivity contribution in [3.05, 3.63) is 24.0 Å². The zero-order valence-electron chi connectivity index (χ0n) is 9.48. The Bertz CT molecular complexity index is 396. The highest BCUT2D eigenvalue weighted by molar-refractivity contribution is 5.55. The number of aromatic nitrogens is 1. The topological polar surface area (TPSA) is 52.0 Å². The monoisotopic (exact) mass is 216 g/mol. The van der Waals surface area contributed by atoms with Crippen LogP contribution in [0.3, 0.4) is 0 Å². The van der Waals surface area contributed by atoms with Gasteiger partial charge in [0.2, 0.25) is 0 Å². The number of anilines is 1. The maximum Gasteiger partial charge on any atom is 0.101 e. The molecule has 0 amide bonds. The Kier molecular flexibility index (Phi) is 3.37. The van der Waals surface area contributed by atoms with Crippen LogP contribution in [0.5, 0.6) is 0 Å². The summed E-state index contributed by atoms with van der Waals surface area (Å²) in [5, 5.41) is 12.2. The van der Waals surface area contributed by atoms with Crippen LogP contribution in [0, 0.1) is 11.3 Å². The van der Waals surface area contributed by atoms with E-state index in [1.54, 1.807) is 18.5 Å². The maximum absolute atomic E-state index is 8.93. The summed E-state index contributed by atoms with van der Waals surface area (Å²) in [6.45, 7) is 2.06. The SMILES string of the molecule is CN1CCCC1CNc1cnccc1C#N. The van der Waals surface area contributed by atoms with Crippen LogP contribution >= 0.6 is 0 Å². The number of hydrogen-bond donors (Lipinski definition) is 1. The third-order valence-electron chi connectivity index (χ3n) is 3.14. The Balaban J connectivity index is 1.97. The fraction of sp³-hybridized carbons (Fsp3) is 0.500. The number of likely N-dealkylation sites (tertiary alicyclic amines) is 1. The molecule has 1 atom stereocenters. The average molecular weight is 216 g/mol.